The molecule has 1 fully saturated rings. The molecule has 0 saturated heterocycles. The summed E-state index contributed by atoms with van der Waals surface area (Å²) in [6.45, 7) is 2.53. The number of rotatable bonds is 5. The first kappa shape index (κ1) is 15.4. The fraction of sp³-hybridized carbons (Fsp3) is 0.400. The van der Waals surface area contributed by atoms with Crippen molar-refractivity contribution in [2.24, 2.45) is 5.92 Å². The molecule has 0 N–H and O–H groups in total. The Morgan fingerprint density at radius 3 is 3.00 bits per heavy atom. The molecule has 2 heterocycles. The van der Waals surface area contributed by atoms with Crippen LogP contribution in [0.1, 0.15) is 13.3 Å². The number of anilines is 1. The number of pyridine rings is 1. The number of hydrogen-bond acceptors (Lipinski definition) is 4. The third kappa shape index (κ3) is 2.85. The molecule has 0 spiro atoms. The van der Waals surface area contributed by atoms with Gasteiger partial charge in [-0.15, -0.1) is 0 Å². The van der Waals surface area contributed by atoms with Gasteiger partial charge in [-0.25, -0.2) is 4.68 Å². The molecular weight excluding hydrogens is 320 g/mol. The normalized spacial score (nSPS) is 20.0. The number of halogens is 1. The number of amides is 1. The predicted molar refractivity (Wildman–Crippen MR) is 89.8 cm³/mol. The third-order valence-corrected chi connectivity index (χ3v) is 5.18. The Hall–Kier alpha value is -1.53. The lowest BCUT2D eigenvalue weighted by Gasteiger charge is -2.19. The lowest BCUT2D eigenvalue weighted by Crippen LogP contribution is -2.32. The van der Waals surface area contributed by atoms with Crippen molar-refractivity contribution in [2.45, 2.75) is 18.6 Å². The number of aromatic nitrogens is 3. The minimum absolute atomic E-state index is 0.104. The van der Waals surface area contributed by atoms with Gasteiger partial charge in [0.15, 0.2) is 5.15 Å². The predicted octanol–water partition coefficient (Wildman–Crippen LogP) is 3.03. The Bertz CT molecular complexity index is 675. The molecule has 5 nitrogen and oxygen atoms in total. The monoisotopic (exact) mass is 336 g/mol. The molecule has 3 rings (SSSR count). The van der Waals surface area contributed by atoms with Crippen LogP contribution in [0.15, 0.2) is 30.7 Å². The van der Waals surface area contributed by atoms with Gasteiger partial charge in [-0.1, -0.05) is 11.6 Å². The van der Waals surface area contributed by atoms with Crippen LogP contribution in [0.25, 0.3) is 5.69 Å². The van der Waals surface area contributed by atoms with Crippen molar-refractivity contribution in [3.8, 4) is 5.69 Å². The summed E-state index contributed by atoms with van der Waals surface area (Å²) in [5.41, 5.74) is 1.47. The average molecular weight is 337 g/mol. The highest BCUT2D eigenvalue weighted by Gasteiger charge is 2.44. The topological polar surface area (TPSA) is 51.0 Å². The van der Waals surface area contributed by atoms with Crippen LogP contribution < -0.4 is 4.90 Å². The number of hydrogen-bond donors (Lipinski definition) is 0. The van der Waals surface area contributed by atoms with Crippen LogP contribution in [0, 0.1) is 5.92 Å². The number of carbonyl (C=O) groups excluding carboxylic acids is 1. The van der Waals surface area contributed by atoms with Crippen molar-refractivity contribution in [3.63, 3.8) is 0 Å². The van der Waals surface area contributed by atoms with Gasteiger partial charge in [-0.3, -0.25) is 9.78 Å². The maximum atomic E-state index is 12.6. The second kappa shape index (κ2) is 6.30. The first-order chi connectivity index (χ1) is 10.7. The number of thioether (sulfide) groups is 1. The lowest BCUT2D eigenvalue weighted by atomic mass is 10.3. The summed E-state index contributed by atoms with van der Waals surface area (Å²) in [7, 11) is 0. The highest BCUT2D eigenvalue weighted by Crippen LogP contribution is 2.42. The maximum Gasteiger partial charge on any atom is 0.231 e. The molecule has 0 radical (unpaired) electrons. The van der Waals surface area contributed by atoms with E-state index < -0.39 is 0 Å². The van der Waals surface area contributed by atoms with Crippen molar-refractivity contribution in [1.29, 1.82) is 0 Å². The summed E-state index contributed by atoms with van der Waals surface area (Å²) in [6.07, 6.45) is 8.19. The van der Waals surface area contributed by atoms with E-state index in [1.54, 1.807) is 39.9 Å². The Morgan fingerprint density at radius 1 is 1.59 bits per heavy atom. The van der Waals surface area contributed by atoms with Gasteiger partial charge >= 0.3 is 0 Å². The van der Waals surface area contributed by atoms with Gasteiger partial charge in [0.25, 0.3) is 0 Å². The summed E-state index contributed by atoms with van der Waals surface area (Å²) in [6, 6.07) is 3.73. The van der Waals surface area contributed by atoms with Gasteiger partial charge < -0.3 is 4.90 Å². The van der Waals surface area contributed by atoms with Crippen LogP contribution in [0.3, 0.4) is 0 Å². The zero-order valence-electron chi connectivity index (χ0n) is 12.4. The van der Waals surface area contributed by atoms with Crippen LogP contribution in [-0.2, 0) is 4.79 Å². The van der Waals surface area contributed by atoms with Crippen LogP contribution in [0.2, 0.25) is 5.15 Å². The molecule has 1 amide bonds. The molecule has 1 aliphatic carbocycles. The van der Waals surface area contributed by atoms with Crippen molar-refractivity contribution in [3.05, 3.63) is 35.9 Å². The largest absolute Gasteiger partial charge is 0.308 e. The molecule has 0 aliphatic heterocycles. The van der Waals surface area contributed by atoms with Gasteiger partial charge in [0.1, 0.15) is 5.69 Å². The number of carbonyl (C=O) groups is 1. The van der Waals surface area contributed by atoms with E-state index in [-0.39, 0.29) is 11.8 Å². The minimum atomic E-state index is 0.104. The van der Waals surface area contributed by atoms with Crippen molar-refractivity contribution >= 4 is 35.0 Å². The number of nitrogens with zero attached hydrogens (tertiary/aromatic N) is 4. The SMILES string of the molecule is CCN(C(=O)[C@H]1C[C@@H]1SC)c1cn(-c2cccnc2)nc1Cl. The smallest absolute Gasteiger partial charge is 0.231 e. The summed E-state index contributed by atoms with van der Waals surface area (Å²) < 4.78 is 1.65. The fourth-order valence-electron chi connectivity index (χ4n) is 2.48. The molecular formula is C15H17ClN4OS. The lowest BCUT2D eigenvalue weighted by molar-refractivity contribution is -0.119. The van der Waals surface area contributed by atoms with Crippen molar-refractivity contribution in [2.75, 3.05) is 17.7 Å². The average Bonchev–Trinajstić information content (AvgIpc) is 3.25. The molecule has 1 saturated carbocycles. The van der Waals surface area contributed by atoms with E-state index in [2.05, 4.69) is 10.1 Å². The molecule has 22 heavy (non-hydrogen) atoms. The zero-order valence-corrected chi connectivity index (χ0v) is 14.0. The van der Waals surface area contributed by atoms with Crippen LogP contribution in [-0.4, -0.2) is 38.7 Å². The summed E-state index contributed by atoms with van der Waals surface area (Å²) >= 11 is 8.00. The van der Waals surface area contributed by atoms with E-state index in [0.717, 1.165) is 12.1 Å². The first-order valence-electron chi connectivity index (χ1n) is 7.15. The quantitative estimate of drug-likeness (QED) is 0.842. The van der Waals surface area contributed by atoms with Gasteiger partial charge in [0.2, 0.25) is 5.91 Å². The third-order valence-electron chi connectivity index (χ3n) is 3.79. The van der Waals surface area contributed by atoms with E-state index in [1.165, 1.54) is 0 Å². The fourth-order valence-corrected chi connectivity index (χ4v) is 3.56. The van der Waals surface area contributed by atoms with Gasteiger partial charge in [0.05, 0.1) is 24.0 Å². The Balaban J connectivity index is 1.87. The summed E-state index contributed by atoms with van der Waals surface area (Å²) in [4.78, 5) is 18.4. The van der Waals surface area contributed by atoms with E-state index in [9.17, 15) is 4.79 Å². The van der Waals surface area contributed by atoms with Crippen LogP contribution in [0.4, 0.5) is 5.69 Å². The molecule has 2 aromatic heterocycles. The standard InChI is InChI=1S/C15H17ClN4OS/c1-3-19(15(21)11-7-13(11)22-2)12-9-20(18-14(12)16)10-5-4-6-17-8-10/h4-6,8-9,11,13H,3,7H2,1-2H3/t11-,13-/m0/s1. The second-order valence-electron chi connectivity index (χ2n) is 5.16. The van der Waals surface area contributed by atoms with Crippen molar-refractivity contribution in [1.82, 2.24) is 14.8 Å². The van der Waals surface area contributed by atoms with Gasteiger partial charge in [0, 0.05) is 18.0 Å². The maximum absolute atomic E-state index is 12.6. The molecule has 2 atom stereocenters. The van der Waals surface area contributed by atoms with E-state index in [1.807, 2.05) is 25.3 Å². The molecule has 116 valence electrons. The Labute approximate surface area is 138 Å². The second-order valence-corrected chi connectivity index (χ2v) is 6.59. The Morgan fingerprint density at radius 2 is 2.41 bits per heavy atom. The first-order valence-corrected chi connectivity index (χ1v) is 8.82. The zero-order chi connectivity index (χ0) is 15.7. The van der Waals surface area contributed by atoms with Gasteiger partial charge in [-0.2, -0.15) is 16.9 Å². The summed E-state index contributed by atoms with van der Waals surface area (Å²) in [5, 5.41) is 5.07. The Kier molecular flexibility index (Phi) is 4.40. The summed E-state index contributed by atoms with van der Waals surface area (Å²) in [5.74, 6) is 0.238. The minimum Gasteiger partial charge on any atom is -0.308 e. The van der Waals surface area contributed by atoms with Crippen LogP contribution >= 0.6 is 23.4 Å². The van der Waals surface area contributed by atoms with E-state index in [0.29, 0.717) is 22.6 Å². The highest BCUT2D eigenvalue weighted by atomic mass is 35.5. The molecule has 7 heteroatoms. The van der Waals surface area contributed by atoms with E-state index in [4.69, 9.17) is 11.6 Å². The van der Waals surface area contributed by atoms with E-state index >= 15 is 0 Å². The molecule has 1 aliphatic rings. The highest BCUT2D eigenvalue weighted by molar-refractivity contribution is 7.99. The van der Waals surface area contributed by atoms with Crippen molar-refractivity contribution < 1.29 is 4.79 Å². The molecule has 0 unspecified atom stereocenters. The van der Waals surface area contributed by atoms with Crippen LogP contribution in [0.5, 0.6) is 0 Å². The molecule has 0 aromatic carbocycles. The molecule has 0 bridgehead atoms. The molecule has 2 aromatic rings. The van der Waals surface area contributed by atoms with Gasteiger partial charge in [-0.05, 0) is 31.7 Å².